The van der Waals surface area contributed by atoms with Crippen LogP contribution in [0.5, 0.6) is 0 Å². The van der Waals surface area contributed by atoms with E-state index in [9.17, 15) is 9.59 Å². The molecule has 0 saturated heterocycles. The predicted octanol–water partition coefficient (Wildman–Crippen LogP) is 3.46. The number of halogens is 1. The molecule has 5 heteroatoms. The van der Waals surface area contributed by atoms with Crippen molar-refractivity contribution in [1.29, 1.82) is 0 Å². The molecule has 1 aromatic carbocycles. The lowest BCUT2D eigenvalue weighted by Crippen LogP contribution is -2.34. The summed E-state index contributed by atoms with van der Waals surface area (Å²) < 4.78 is 5.81. The molecule has 0 N–H and O–H groups in total. The van der Waals surface area contributed by atoms with Crippen LogP contribution in [0.3, 0.4) is 0 Å². The molecule has 3 heterocycles. The Hall–Kier alpha value is -1.62. The van der Waals surface area contributed by atoms with Gasteiger partial charge in [0.15, 0.2) is 5.78 Å². The number of rotatable bonds is 1. The van der Waals surface area contributed by atoms with Gasteiger partial charge in [-0.05, 0) is 60.2 Å². The maximum atomic E-state index is 12.1. The number of aryl methyl sites for hydroxylation is 2. The SMILES string of the molecule is CC(=O)c1c(Br)c(=O)oc2c3c4c(cc12)CCCN4CCC3. The highest BCUT2D eigenvalue weighted by Crippen LogP contribution is 2.41. The largest absolute Gasteiger partial charge is 0.421 e. The quantitative estimate of drug-likeness (QED) is 0.576. The summed E-state index contributed by atoms with van der Waals surface area (Å²) in [6, 6.07) is 2.05. The minimum Gasteiger partial charge on any atom is -0.421 e. The van der Waals surface area contributed by atoms with Gasteiger partial charge in [0, 0.05) is 35.3 Å². The van der Waals surface area contributed by atoms with E-state index >= 15 is 0 Å². The molecule has 0 aliphatic carbocycles. The summed E-state index contributed by atoms with van der Waals surface area (Å²) in [6.07, 6.45) is 4.10. The summed E-state index contributed by atoms with van der Waals surface area (Å²) >= 11 is 3.23. The number of Topliss-reactive ketones (excluding diaryl/α,β-unsaturated/α-hetero) is 1. The maximum Gasteiger partial charge on any atom is 0.351 e. The molecule has 0 unspecified atom stereocenters. The van der Waals surface area contributed by atoms with Crippen LogP contribution in [0.25, 0.3) is 11.0 Å². The second-order valence-electron chi connectivity index (χ2n) is 6.07. The first-order valence-electron chi connectivity index (χ1n) is 7.65. The van der Waals surface area contributed by atoms with E-state index in [2.05, 4.69) is 26.9 Å². The van der Waals surface area contributed by atoms with E-state index < -0.39 is 5.63 Å². The monoisotopic (exact) mass is 361 g/mol. The zero-order chi connectivity index (χ0) is 15.4. The predicted molar refractivity (Wildman–Crippen MR) is 89.0 cm³/mol. The van der Waals surface area contributed by atoms with E-state index in [1.165, 1.54) is 18.2 Å². The highest BCUT2D eigenvalue weighted by atomic mass is 79.9. The molecule has 0 spiro atoms. The standard InChI is InChI=1S/C17H16BrNO3/c1-9(20)13-12-8-10-4-2-6-19-7-3-5-11(15(10)19)16(12)22-17(21)14(13)18/h8H,2-7H2,1H3. The first-order chi connectivity index (χ1) is 10.6. The topological polar surface area (TPSA) is 50.5 Å². The molecule has 0 bridgehead atoms. The summed E-state index contributed by atoms with van der Waals surface area (Å²) in [4.78, 5) is 26.6. The minimum absolute atomic E-state index is 0.111. The summed E-state index contributed by atoms with van der Waals surface area (Å²) in [5, 5.41) is 0.775. The van der Waals surface area contributed by atoms with Crippen molar-refractivity contribution in [3.8, 4) is 0 Å². The van der Waals surface area contributed by atoms with E-state index in [0.29, 0.717) is 11.1 Å². The summed E-state index contributed by atoms with van der Waals surface area (Å²) in [6.45, 7) is 3.62. The molecule has 4 nitrogen and oxygen atoms in total. The molecule has 0 saturated carbocycles. The van der Waals surface area contributed by atoms with Crippen LogP contribution in [0, 0.1) is 0 Å². The fourth-order valence-electron chi connectivity index (χ4n) is 3.84. The molecule has 2 aliphatic rings. The van der Waals surface area contributed by atoms with E-state index in [1.807, 2.05) is 0 Å². The van der Waals surface area contributed by atoms with Crippen molar-refractivity contribution < 1.29 is 9.21 Å². The van der Waals surface area contributed by atoms with Gasteiger partial charge in [-0.15, -0.1) is 0 Å². The Morgan fingerprint density at radius 2 is 2.00 bits per heavy atom. The van der Waals surface area contributed by atoms with Gasteiger partial charge in [0.05, 0.1) is 0 Å². The molecule has 1 aromatic heterocycles. The number of fused-ring (bicyclic) bond motifs is 2. The lowest BCUT2D eigenvalue weighted by atomic mass is 9.89. The van der Waals surface area contributed by atoms with E-state index in [4.69, 9.17) is 4.42 Å². The molecular weight excluding hydrogens is 346 g/mol. The van der Waals surface area contributed by atoms with Gasteiger partial charge >= 0.3 is 5.63 Å². The molecular formula is C17H16BrNO3. The number of carbonyl (C=O) groups excluding carboxylic acids is 1. The molecule has 0 atom stereocenters. The average molecular weight is 362 g/mol. The van der Waals surface area contributed by atoms with Crippen LogP contribution in [-0.2, 0) is 12.8 Å². The van der Waals surface area contributed by atoms with Crippen LogP contribution in [0.1, 0.15) is 41.3 Å². The second-order valence-corrected chi connectivity index (χ2v) is 6.86. The highest BCUT2D eigenvalue weighted by Gasteiger charge is 2.29. The fraction of sp³-hybridized carbons (Fsp3) is 0.412. The van der Waals surface area contributed by atoms with Crippen LogP contribution < -0.4 is 10.5 Å². The number of anilines is 1. The Labute approximate surface area is 136 Å². The number of benzene rings is 1. The molecule has 0 radical (unpaired) electrons. The van der Waals surface area contributed by atoms with Gasteiger partial charge in [0.1, 0.15) is 10.1 Å². The Balaban J connectivity index is 2.17. The third-order valence-electron chi connectivity index (χ3n) is 4.69. The van der Waals surface area contributed by atoms with Crippen LogP contribution >= 0.6 is 15.9 Å². The van der Waals surface area contributed by atoms with Crippen molar-refractivity contribution in [3.63, 3.8) is 0 Å². The molecule has 114 valence electrons. The summed E-state index contributed by atoms with van der Waals surface area (Å²) in [7, 11) is 0. The van der Waals surface area contributed by atoms with Gasteiger partial charge in [-0.25, -0.2) is 4.79 Å². The Bertz CT molecular complexity index is 867. The fourth-order valence-corrected chi connectivity index (χ4v) is 4.41. The number of ketones is 1. The summed E-state index contributed by atoms with van der Waals surface area (Å²) in [5.74, 6) is -0.111. The van der Waals surface area contributed by atoms with Crippen molar-refractivity contribution in [2.24, 2.45) is 0 Å². The van der Waals surface area contributed by atoms with E-state index in [1.54, 1.807) is 0 Å². The summed E-state index contributed by atoms with van der Waals surface area (Å²) in [5.41, 5.74) is 4.20. The minimum atomic E-state index is -0.471. The van der Waals surface area contributed by atoms with E-state index in [0.717, 1.165) is 49.7 Å². The van der Waals surface area contributed by atoms with Gasteiger partial charge in [0.25, 0.3) is 0 Å². The molecule has 2 aliphatic heterocycles. The molecule has 2 aromatic rings. The average Bonchev–Trinajstić information content (AvgIpc) is 2.49. The van der Waals surface area contributed by atoms with Gasteiger partial charge < -0.3 is 9.32 Å². The van der Waals surface area contributed by atoms with Gasteiger partial charge in [0.2, 0.25) is 0 Å². The van der Waals surface area contributed by atoms with E-state index in [-0.39, 0.29) is 10.3 Å². The lowest BCUT2D eigenvalue weighted by molar-refractivity contribution is 0.101. The van der Waals surface area contributed by atoms with Crippen molar-refractivity contribution in [2.45, 2.75) is 32.6 Å². The van der Waals surface area contributed by atoms with Crippen molar-refractivity contribution in [1.82, 2.24) is 0 Å². The highest BCUT2D eigenvalue weighted by molar-refractivity contribution is 9.10. The Kier molecular flexibility index (Phi) is 3.15. The van der Waals surface area contributed by atoms with Crippen LogP contribution in [0.2, 0.25) is 0 Å². The smallest absolute Gasteiger partial charge is 0.351 e. The van der Waals surface area contributed by atoms with Crippen LogP contribution in [-0.4, -0.2) is 18.9 Å². The van der Waals surface area contributed by atoms with Gasteiger partial charge in [-0.3, -0.25) is 4.79 Å². The number of hydrogen-bond donors (Lipinski definition) is 0. The third-order valence-corrected chi connectivity index (χ3v) is 5.41. The number of hydrogen-bond acceptors (Lipinski definition) is 4. The Morgan fingerprint density at radius 1 is 1.27 bits per heavy atom. The zero-order valence-corrected chi connectivity index (χ0v) is 14.0. The van der Waals surface area contributed by atoms with Crippen LogP contribution in [0.15, 0.2) is 19.8 Å². The van der Waals surface area contributed by atoms with Gasteiger partial charge in [-0.2, -0.15) is 0 Å². The second kappa shape index (κ2) is 4.95. The number of carbonyl (C=O) groups is 1. The lowest BCUT2D eigenvalue weighted by Gasteiger charge is -2.37. The van der Waals surface area contributed by atoms with Crippen molar-refractivity contribution in [3.05, 3.63) is 37.6 Å². The molecule has 22 heavy (non-hydrogen) atoms. The number of nitrogens with zero attached hydrogens (tertiary/aromatic N) is 1. The molecule has 0 fully saturated rings. The normalized spacial score (nSPS) is 16.7. The first-order valence-corrected chi connectivity index (χ1v) is 8.44. The first kappa shape index (κ1) is 14.0. The van der Waals surface area contributed by atoms with Crippen molar-refractivity contribution in [2.75, 3.05) is 18.0 Å². The molecule has 0 amide bonds. The maximum absolute atomic E-state index is 12.1. The molecule has 4 rings (SSSR count). The third kappa shape index (κ3) is 1.88. The van der Waals surface area contributed by atoms with Gasteiger partial charge in [-0.1, -0.05) is 0 Å². The Morgan fingerprint density at radius 3 is 2.73 bits per heavy atom. The zero-order valence-electron chi connectivity index (χ0n) is 12.4. The van der Waals surface area contributed by atoms with Crippen molar-refractivity contribution >= 4 is 38.4 Å². The van der Waals surface area contributed by atoms with Crippen LogP contribution in [0.4, 0.5) is 5.69 Å².